The minimum Gasteiger partial charge on any atom is -0.465 e. The number of likely N-dealkylation sites (tertiary alicyclic amines) is 1. The van der Waals surface area contributed by atoms with E-state index in [-0.39, 0.29) is 12.0 Å². The van der Waals surface area contributed by atoms with Crippen molar-refractivity contribution < 1.29 is 15.0 Å². The second-order valence-corrected chi connectivity index (χ2v) is 5.47. The summed E-state index contributed by atoms with van der Waals surface area (Å²) in [5.74, 6) is 0. The summed E-state index contributed by atoms with van der Waals surface area (Å²) in [5.41, 5.74) is 1.00. The van der Waals surface area contributed by atoms with Crippen molar-refractivity contribution in [1.82, 2.24) is 4.90 Å². The van der Waals surface area contributed by atoms with Gasteiger partial charge in [0.2, 0.25) is 0 Å². The molecule has 5 heteroatoms. The maximum atomic E-state index is 11.0. The van der Waals surface area contributed by atoms with Gasteiger partial charge in [-0.15, -0.1) is 0 Å². The van der Waals surface area contributed by atoms with Crippen LogP contribution in [0, 0.1) is 0 Å². The van der Waals surface area contributed by atoms with E-state index in [0.29, 0.717) is 24.5 Å². The van der Waals surface area contributed by atoms with Crippen molar-refractivity contribution in [1.29, 1.82) is 0 Å². The maximum absolute atomic E-state index is 11.0. The summed E-state index contributed by atoms with van der Waals surface area (Å²) in [4.78, 5) is 12.4. The predicted molar refractivity (Wildman–Crippen MR) is 73.7 cm³/mol. The highest BCUT2D eigenvalue weighted by atomic mass is 35.5. The van der Waals surface area contributed by atoms with Crippen molar-refractivity contribution in [3.05, 3.63) is 34.9 Å². The summed E-state index contributed by atoms with van der Waals surface area (Å²) in [5, 5.41) is 19.0. The van der Waals surface area contributed by atoms with Crippen LogP contribution in [0.1, 0.15) is 24.8 Å². The second kappa shape index (κ2) is 5.80. The normalized spacial score (nSPS) is 18.3. The number of benzene rings is 1. The van der Waals surface area contributed by atoms with Crippen molar-refractivity contribution >= 4 is 17.7 Å². The largest absolute Gasteiger partial charge is 0.465 e. The van der Waals surface area contributed by atoms with Crippen LogP contribution in [-0.2, 0) is 5.41 Å². The van der Waals surface area contributed by atoms with E-state index in [1.54, 1.807) is 0 Å². The van der Waals surface area contributed by atoms with Crippen molar-refractivity contribution in [2.24, 2.45) is 0 Å². The number of hydrogen-bond donors (Lipinski definition) is 2. The fourth-order valence-electron chi connectivity index (χ4n) is 2.83. The molecule has 4 nitrogen and oxygen atoms in total. The molecule has 1 aromatic carbocycles. The molecule has 1 aliphatic heterocycles. The van der Waals surface area contributed by atoms with Crippen molar-refractivity contribution in [3.8, 4) is 0 Å². The number of rotatable bonds is 3. The molecule has 0 radical (unpaired) electrons. The van der Waals surface area contributed by atoms with E-state index in [2.05, 4.69) is 0 Å². The van der Waals surface area contributed by atoms with Gasteiger partial charge in [0.15, 0.2) is 0 Å². The summed E-state index contributed by atoms with van der Waals surface area (Å²) in [6.45, 7) is 1.13. The number of hydrogen-bond acceptors (Lipinski definition) is 2. The minimum atomic E-state index is -0.867. The summed E-state index contributed by atoms with van der Waals surface area (Å²) in [6.07, 6.45) is 1.26. The third kappa shape index (κ3) is 3.01. The van der Waals surface area contributed by atoms with Crippen molar-refractivity contribution in [2.45, 2.75) is 24.7 Å². The van der Waals surface area contributed by atoms with E-state index in [4.69, 9.17) is 16.7 Å². The molecule has 0 spiro atoms. The van der Waals surface area contributed by atoms with Crippen LogP contribution in [0.5, 0.6) is 0 Å². The number of aliphatic hydroxyl groups is 1. The first-order valence-corrected chi connectivity index (χ1v) is 6.80. The van der Waals surface area contributed by atoms with Crippen LogP contribution in [0.3, 0.4) is 0 Å². The van der Waals surface area contributed by atoms with E-state index in [1.807, 2.05) is 24.3 Å². The molecule has 1 amide bonds. The average Bonchev–Trinajstić information content (AvgIpc) is 2.40. The molecule has 19 heavy (non-hydrogen) atoms. The first-order valence-electron chi connectivity index (χ1n) is 6.42. The van der Waals surface area contributed by atoms with E-state index < -0.39 is 6.09 Å². The molecule has 1 saturated heterocycles. The Hall–Kier alpha value is -1.26. The zero-order valence-corrected chi connectivity index (χ0v) is 11.4. The fraction of sp³-hybridized carbons (Fsp3) is 0.500. The molecule has 1 heterocycles. The SMILES string of the molecule is O=C(O)N1CCC(CCO)(c2ccc(Cl)cc2)CC1. The van der Waals surface area contributed by atoms with Gasteiger partial charge in [0.1, 0.15) is 0 Å². The Kier molecular flexibility index (Phi) is 4.32. The summed E-state index contributed by atoms with van der Waals surface area (Å²) < 4.78 is 0. The lowest BCUT2D eigenvalue weighted by Crippen LogP contribution is -2.45. The lowest BCUT2D eigenvalue weighted by atomic mass is 9.70. The lowest BCUT2D eigenvalue weighted by Gasteiger charge is -2.41. The average molecular weight is 284 g/mol. The molecule has 0 atom stereocenters. The van der Waals surface area contributed by atoms with Crippen LogP contribution >= 0.6 is 11.6 Å². The molecule has 0 saturated carbocycles. The molecule has 1 aliphatic rings. The Morgan fingerprint density at radius 2 is 1.84 bits per heavy atom. The fourth-order valence-corrected chi connectivity index (χ4v) is 2.95. The van der Waals surface area contributed by atoms with Crippen molar-refractivity contribution in [3.63, 3.8) is 0 Å². The zero-order chi connectivity index (χ0) is 13.9. The van der Waals surface area contributed by atoms with Crippen LogP contribution in [0.25, 0.3) is 0 Å². The lowest BCUT2D eigenvalue weighted by molar-refractivity contribution is 0.106. The van der Waals surface area contributed by atoms with E-state index in [9.17, 15) is 9.90 Å². The number of carbonyl (C=O) groups is 1. The Morgan fingerprint density at radius 3 is 2.32 bits per heavy atom. The number of amides is 1. The first kappa shape index (κ1) is 14.2. The standard InChI is InChI=1S/C14H18ClNO3/c15-12-3-1-11(2-4-12)14(7-10-17)5-8-16(9-6-14)13(18)19/h1-4,17H,5-10H2,(H,18,19). The Morgan fingerprint density at radius 1 is 1.26 bits per heavy atom. The highest BCUT2D eigenvalue weighted by molar-refractivity contribution is 6.30. The van der Waals surface area contributed by atoms with Gasteiger partial charge in [-0.05, 0) is 37.0 Å². The zero-order valence-electron chi connectivity index (χ0n) is 10.7. The number of halogens is 1. The quantitative estimate of drug-likeness (QED) is 0.897. The van der Waals surface area contributed by atoms with Gasteiger partial charge < -0.3 is 15.1 Å². The molecule has 2 N–H and O–H groups in total. The third-order valence-electron chi connectivity index (χ3n) is 4.04. The molecule has 0 aliphatic carbocycles. The Labute approximate surface area is 117 Å². The molecule has 0 unspecified atom stereocenters. The number of nitrogens with zero attached hydrogens (tertiary/aromatic N) is 1. The van der Waals surface area contributed by atoms with Gasteiger partial charge in [0.05, 0.1) is 0 Å². The topological polar surface area (TPSA) is 60.8 Å². The van der Waals surface area contributed by atoms with Gasteiger partial charge in [0.25, 0.3) is 0 Å². The molecule has 1 aromatic rings. The van der Waals surface area contributed by atoms with E-state index in [0.717, 1.165) is 18.4 Å². The highest BCUT2D eigenvalue weighted by Crippen LogP contribution is 2.38. The van der Waals surface area contributed by atoms with Gasteiger partial charge in [-0.2, -0.15) is 0 Å². The maximum Gasteiger partial charge on any atom is 0.407 e. The van der Waals surface area contributed by atoms with Crippen LogP contribution in [0.2, 0.25) is 5.02 Å². The van der Waals surface area contributed by atoms with E-state index in [1.165, 1.54) is 4.90 Å². The molecule has 0 aromatic heterocycles. The van der Waals surface area contributed by atoms with Gasteiger partial charge in [-0.25, -0.2) is 4.79 Å². The molecular weight excluding hydrogens is 266 g/mol. The summed E-state index contributed by atoms with van der Waals surface area (Å²) >= 11 is 5.90. The highest BCUT2D eigenvalue weighted by Gasteiger charge is 2.36. The number of carboxylic acid groups (broad SMARTS) is 1. The van der Waals surface area contributed by atoms with Crippen molar-refractivity contribution in [2.75, 3.05) is 19.7 Å². The molecule has 0 bridgehead atoms. The van der Waals surface area contributed by atoms with Crippen LogP contribution in [0.15, 0.2) is 24.3 Å². The van der Waals surface area contributed by atoms with Crippen LogP contribution in [0.4, 0.5) is 4.79 Å². The minimum absolute atomic E-state index is 0.107. The van der Waals surface area contributed by atoms with Gasteiger partial charge in [-0.1, -0.05) is 23.7 Å². The molecule has 1 fully saturated rings. The molecule has 104 valence electrons. The van der Waals surface area contributed by atoms with Gasteiger partial charge >= 0.3 is 6.09 Å². The van der Waals surface area contributed by atoms with Crippen LogP contribution < -0.4 is 0 Å². The number of aliphatic hydroxyl groups excluding tert-OH is 1. The Bertz CT molecular complexity index is 439. The first-order chi connectivity index (χ1) is 9.07. The second-order valence-electron chi connectivity index (χ2n) is 5.03. The third-order valence-corrected chi connectivity index (χ3v) is 4.29. The van der Waals surface area contributed by atoms with Gasteiger partial charge in [-0.3, -0.25) is 0 Å². The summed E-state index contributed by atoms with van der Waals surface area (Å²) in [7, 11) is 0. The molecule has 2 rings (SSSR count). The van der Waals surface area contributed by atoms with Gasteiger partial charge in [0, 0.05) is 30.1 Å². The number of piperidine rings is 1. The molecular formula is C14H18ClNO3. The predicted octanol–water partition coefficient (Wildman–Crippen LogP) is 2.73. The van der Waals surface area contributed by atoms with Crippen LogP contribution in [-0.4, -0.2) is 40.9 Å². The Balaban J connectivity index is 2.20. The summed E-state index contributed by atoms with van der Waals surface area (Å²) in [6, 6.07) is 7.65. The smallest absolute Gasteiger partial charge is 0.407 e. The van der Waals surface area contributed by atoms with E-state index >= 15 is 0 Å². The monoisotopic (exact) mass is 283 g/mol.